The molecule has 0 radical (unpaired) electrons. The molecule has 326 valence electrons. The van der Waals surface area contributed by atoms with Crippen molar-refractivity contribution >= 4 is 119 Å². The van der Waals surface area contributed by atoms with Crippen LogP contribution in [0.5, 0.6) is 0 Å². The number of hydrogen-bond donors (Lipinski definition) is 0. The maximum Gasteiger partial charge on any atom is 0.131 e. The molecule has 6 aromatic heterocycles. The van der Waals surface area contributed by atoms with E-state index in [1.807, 2.05) is 11.3 Å². The molecule has 0 bridgehead atoms. The smallest absolute Gasteiger partial charge is 0.131 e. The van der Waals surface area contributed by atoms with Crippen LogP contribution in [-0.2, 0) is 0 Å². The summed E-state index contributed by atoms with van der Waals surface area (Å²) >= 11 is 1.86. The molecule has 0 N–H and O–H groups in total. The Morgan fingerprint density at radius 2 is 0.543 bits per heavy atom. The van der Waals surface area contributed by atoms with Gasteiger partial charge in [0.15, 0.2) is 0 Å². The van der Waals surface area contributed by atoms with Crippen molar-refractivity contribution in [3.8, 4) is 28.4 Å². The number of nitrogens with zero attached hydrogens (tertiary/aromatic N) is 5. The second kappa shape index (κ2) is 14.2. The molecule has 0 aliphatic rings. The monoisotopic (exact) mass is 909 g/mol. The van der Waals surface area contributed by atoms with Gasteiger partial charge >= 0.3 is 0 Å². The lowest BCUT2D eigenvalue weighted by molar-refractivity contribution is 1.07. The van der Waals surface area contributed by atoms with Gasteiger partial charge in [-0.3, -0.25) is 18.3 Å². The van der Waals surface area contributed by atoms with Crippen molar-refractivity contribution in [2.75, 3.05) is 0 Å². The molecule has 6 heterocycles. The van der Waals surface area contributed by atoms with E-state index in [9.17, 15) is 0 Å². The summed E-state index contributed by atoms with van der Waals surface area (Å²) in [5, 5.41) is 12.4. The highest BCUT2D eigenvalue weighted by Crippen LogP contribution is 2.45. The Labute approximate surface area is 404 Å². The fourth-order valence-corrected chi connectivity index (χ4v) is 13.1. The molecule has 0 aliphatic carbocycles. The van der Waals surface area contributed by atoms with E-state index in [4.69, 9.17) is 0 Å². The minimum atomic E-state index is 1.11. The lowest BCUT2D eigenvalue weighted by Gasteiger charge is -2.14. The van der Waals surface area contributed by atoms with E-state index in [0.717, 1.165) is 50.8 Å². The molecule has 0 saturated carbocycles. The molecule has 0 saturated heterocycles. The third kappa shape index (κ3) is 5.09. The average molecular weight is 910 g/mol. The summed E-state index contributed by atoms with van der Waals surface area (Å²) in [6, 6.07) is 87.2. The molecule has 0 atom stereocenters. The summed E-state index contributed by atoms with van der Waals surface area (Å²) in [5.74, 6) is 0. The molecule has 16 aromatic rings. The highest BCUT2D eigenvalue weighted by atomic mass is 32.1. The molecule has 0 unspecified atom stereocenters. The van der Waals surface area contributed by atoms with Crippen molar-refractivity contribution in [2.45, 2.75) is 0 Å². The molecular weight excluding hydrogens is 871 g/mol. The normalized spacial score (nSPS) is 12.3. The summed E-state index contributed by atoms with van der Waals surface area (Å²) < 4.78 is 15.0. The van der Waals surface area contributed by atoms with Crippen molar-refractivity contribution in [1.82, 2.24) is 22.8 Å². The molecule has 16 rings (SSSR count). The summed E-state index contributed by atoms with van der Waals surface area (Å²) in [6.07, 6.45) is 0. The van der Waals surface area contributed by atoms with Crippen LogP contribution in [0.1, 0.15) is 0 Å². The zero-order chi connectivity index (χ0) is 45.6. The van der Waals surface area contributed by atoms with Crippen LogP contribution in [0.4, 0.5) is 0 Å². The second-order valence-corrected chi connectivity index (χ2v) is 19.6. The van der Waals surface area contributed by atoms with Gasteiger partial charge in [0.25, 0.3) is 0 Å². The van der Waals surface area contributed by atoms with Crippen LogP contribution >= 0.6 is 11.3 Å². The summed E-state index contributed by atoms with van der Waals surface area (Å²) in [5.41, 5.74) is 15.0. The maximum absolute atomic E-state index is 2.51. The van der Waals surface area contributed by atoms with Gasteiger partial charge in [0.2, 0.25) is 0 Å². The minimum absolute atomic E-state index is 1.11. The van der Waals surface area contributed by atoms with E-state index in [1.54, 1.807) is 0 Å². The quantitative estimate of drug-likeness (QED) is 0.164. The first kappa shape index (κ1) is 37.9. The third-order valence-corrected chi connectivity index (χ3v) is 16.0. The van der Waals surface area contributed by atoms with Gasteiger partial charge in [-0.15, -0.1) is 11.3 Å². The van der Waals surface area contributed by atoms with Crippen LogP contribution in [0.25, 0.3) is 136 Å². The van der Waals surface area contributed by atoms with Crippen molar-refractivity contribution in [3.05, 3.63) is 237 Å². The van der Waals surface area contributed by atoms with Crippen molar-refractivity contribution in [1.29, 1.82) is 0 Å². The SMILES string of the molecule is c1ccc(-n2c3ccc(-n4c5ccccc5c5c6ccccc6n(-c6ccccc6)c54)cc3c3cc(-n4c5ccccc5c5c6ccccc6n(-c6ccc7sc8ccccc8c7c6)c54)ccc32)cc1. The summed E-state index contributed by atoms with van der Waals surface area (Å²) in [4.78, 5) is 0. The first-order chi connectivity index (χ1) is 34.8. The van der Waals surface area contributed by atoms with Gasteiger partial charge in [0.05, 0.1) is 33.1 Å². The Morgan fingerprint density at radius 1 is 0.214 bits per heavy atom. The molecule has 5 nitrogen and oxygen atoms in total. The van der Waals surface area contributed by atoms with Crippen LogP contribution in [-0.4, -0.2) is 22.8 Å². The summed E-state index contributed by atoms with van der Waals surface area (Å²) in [7, 11) is 0. The number of para-hydroxylation sites is 6. The number of aromatic nitrogens is 5. The molecule has 6 heteroatoms. The zero-order valence-corrected chi connectivity index (χ0v) is 38.5. The van der Waals surface area contributed by atoms with Gasteiger partial charge in [-0.2, -0.15) is 0 Å². The summed E-state index contributed by atoms with van der Waals surface area (Å²) in [6.45, 7) is 0. The predicted molar refractivity (Wildman–Crippen MR) is 296 cm³/mol. The molecule has 0 aliphatic heterocycles. The Balaban J connectivity index is 1.01. The lowest BCUT2D eigenvalue weighted by atomic mass is 10.1. The van der Waals surface area contributed by atoms with Crippen LogP contribution in [0.2, 0.25) is 0 Å². The Hall–Kier alpha value is -9.10. The van der Waals surface area contributed by atoms with E-state index in [2.05, 4.69) is 259 Å². The van der Waals surface area contributed by atoms with Crippen LogP contribution < -0.4 is 0 Å². The Morgan fingerprint density at radius 3 is 1.01 bits per heavy atom. The van der Waals surface area contributed by atoms with Crippen LogP contribution in [0, 0.1) is 0 Å². The maximum atomic E-state index is 2.51. The molecule has 70 heavy (non-hydrogen) atoms. The van der Waals surface area contributed by atoms with Crippen LogP contribution in [0.15, 0.2) is 237 Å². The van der Waals surface area contributed by atoms with E-state index in [0.29, 0.717) is 0 Å². The van der Waals surface area contributed by atoms with Crippen LogP contribution in [0.3, 0.4) is 0 Å². The molecule has 0 amide bonds. The number of hydrogen-bond acceptors (Lipinski definition) is 1. The molecule has 0 spiro atoms. The van der Waals surface area contributed by atoms with Gasteiger partial charge in [-0.1, -0.05) is 127 Å². The van der Waals surface area contributed by atoms with Crippen molar-refractivity contribution < 1.29 is 0 Å². The Kier molecular flexibility index (Phi) is 7.70. The molecule has 0 fully saturated rings. The lowest BCUT2D eigenvalue weighted by Crippen LogP contribution is -2.01. The van der Waals surface area contributed by atoms with Gasteiger partial charge < -0.3 is 4.57 Å². The van der Waals surface area contributed by atoms with E-state index >= 15 is 0 Å². The average Bonchev–Trinajstić information content (AvgIpc) is 4.26. The topological polar surface area (TPSA) is 24.6 Å². The number of thiophene rings is 1. The largest absolute Gasteiger partial charge is 0.309 e. The number of fused-ring (bicyclic) bond motifs is 16. The first-order valence-electron chi connectivity index (χ1n) is 23.9. The van der Waals surface area contributed by atoms with Gasteiger partial charge in [0.1, 0.15) is 11.3 Å². The standard InChI is InChI=1S/C64H39N5S/c1-3-17-40(18-4-1)65-57-34-31-42(67-54-27-13-8-23-47(54)61-46-22-7-12-26-53(46)66(63(61)67)41-19-5-2-6-20-41)37-50(57)51-38-43(32-35-58(51)65)68-55-28-14-9-24-48(55)62-49-25-10-15-29-56(49)69(64(62)68)44-33-36-60-52(39-44)45-21-11-16-30-59(45)70-60/h1-39H. The fraction of sp³-hybridized carbons (Fsp3) is 0. The van der Waals surface area contributed by atoms with E-state index < -0.39 is 0 Å². The highest BCUT2D eigenvalue weighted by molar-refractivity contribution is 7.25. The van der Waals surface area contributed by atoms with E-state index in [1.165, 1.54) is 85.3 Å². The number of benzene rings is 10. The minimum Gasteiger partial charge on any atom is -0.309 e. The fourth-order valence-electron chi connectivity index (χ4n) is 12.0. The zero-order valence-electron chi connectivity index (χ0n) is 37.7. The highest BCUT2D eigenvalue weighted by Gasteiger charge is 2.26. The predicted octanol–water partition coefficient (Wildman–Crippen LogP) is 17.2. The van der Waals surface area contributed by atoms with E-state index in [-0.39, 0.29) is 0 Å². The van der Waals surface area contributed by atoms with Gasteiger partial charge in [-0.25, -0.2) is 0 Å². The third-order valence-electron chi connectivity index (χ3n) is 14.8. The second-order valence-electron chi connectivity index (χ2n) is 18.5. The van der Waals surface area contributed by atoms with Gasteiger partial charge in [0, 0.05) is 91.7 Å². The van der Waals surface area contributed by atoms with Crippen molar-refractivity contribution in [3.63, 3.8) is 0 Å². The number of rotatable bonds is 5. The molecular formula is C64H39N5S. The molecule has 10 aromatic carbocycles. The Bertz CT molecular complexity index is 4820. The van der Waals surface area contributed by atoms with Crippen molar-refractivity contribution in [2.24, 2.45) is 0 Å². The van der Waals surface area contributed by atoms with Gasteiger partial charge in [-0.05, 0) is 109 Å². The first-order valence-corrected chi connectivity index (χ1v) is 24.8.